The summed E-state index contributed by atoms with van der Waals surface area (Å²) in [6.07, 6.45) is 0. The van der Waals surface area contributed by atoms with Crippen LogP contribution < -0.4 is 10.6 Å². The number of ether oxygens (including phenoxy) is 1. The summed E-state index contributed by atoms with van der Waals surface area (Å²) >= 11 is 3.40. The van der Waals surface area contributed by atoms with Crippen LogP contribution in [0.4, 0.5) is 11.4 Å². The second-order valence-electron chi connectivity index (χ2n) is 6.76. The molecule has 154 valence electrons. The molecule has 0 radical (unpaired) electrons. The monoisotopic (exact) mass is 470 g/mol. The van der Waals surface area contributed by atoms with Gasteiger partial charge in [-0.15, -0.1) is 0 Å². The van der Waals surface area contributed by atoms with E-state index < -0.39 is 4.92 Å². The zero-order valence-corrected chi connectivity index (χ0v) is 18.2. The third-order valence-electron chi connectivity index (χ3n) is 4.58. The first-order valence-corrected chi connectivity index (χ1v) is 9.79. The number of aliphatic imine (C=N–C) groups is 2. The molecule has 0 spiro atoms. The maximum atomic E-state index is 11.8. The fraction of sp³-hybridized carbons (Fsp3) is 0.250. The van der Waals surface area contributed by atoms with Crippen molar-refractivity contribution in [3.05, 3.63) is 61.6 Å². The molecule has 2 aromatic carbocycles. The molecule has 3 rings (SSSR count). The molecule has 0 fully saturated rings. The summed E-state index contributed by atoms with van der Waals surface area (Å²) in [6, 6.07) is 9.97. The van der Waals surface area contributed by atoms with Crippen LogP contribution in [-0.4, -0.2) is 41.2 Å². The van der Waals surface area contributed by atoms with Crippen molar-refractivity contribution in [2.75, 3.05) is 13.7 Å². The molecule has 0 atom stereocenters. The van der Waals surface area contributed by atoms with Crippen LogP contribution >= 0.6 is 15.9 Å². The van der Waals surface area contributed by atoms with Crippen LogP contribution in [-0.2, 0) is 0 Å². The van der Waals surface area contributed by atoms with Gasteiger partial charge >= 0.3 is 0 Å². The molecule has 0 aliphatic carbocycles. The van der Waals surface area contributed by atoms with Gasteiger partial charge in [-0.05, 0) is 32.0 Å². The summed E-state index contributed by atoms with van der Waals surface area (Å²) in [5.74, 6) is 6.92. The maximum Gasteiger partial charge on any atom is 0.282 e. The molecule has 0 bridgehead atoms. The molecule has 1 heterocycles. The SMILES string of the molecule is COc1cccc([N+](=O)[O-])c1C1=NCC(N(N)C(C)C)=Nc2cc(Br)cc(C#N)c21. The minimum atomic E-state index is -0.499. The minimum absolute atomic E-state index is 0.0489. The number of methoxy groups -OCH3 is 1. The molecule has 1 aliphatic rings. The Morgan fingerprint density at radius 1 is 1.37 bits per heavy atom. The van der Waals surface area contributed by atoms with E-state index in [4.69, 9.17) is 10.6 Å². The zero-order valence-electron chi connectivity index (χ0n) is 16.6. The highest BCUT2D eigenvalue weighted by molar-refractivity contribution is 9.10. The van der Waals surface area contributed by atoms with Crippen molar-refractivity contribution in [1.82, 2.24) is 5.01 Å². The Hall–Kier alpha value is -3.29. The van der Waals surface area contributed by atoms with Gasteiger partial charge < -0.3 is 4.74 Å². The molecular weight excluding hydrogens is 452 g/mol. The van der Waals surface area contributed by atoms with E-state index in [1.165, 1.54) is 24.3 Å². The number of nitrogens with zero attached hydrogens (tertiary/aromatic N) is 5. The Morgan fingerprint density at radius 2 is 2.10 bits per heavy atom. The lowest BCUT2D eigenvalue weighted by Gasteiger charge is -2.23. The topological polar surface area (TPSA) is 130 Å². The van der Waals surface area contributed by atoms with Crippen molar-refractivity contribution in [1.29, 1.82) is 5.26 Å². The summed E-state index contributed by atoms with van der Waals surface area (Å²) < 4.78 is 6.05. The van der Waals surface area contributed by atoms with Crippen LogP contribution in [0.5, 0.6) is 5.75 Å². The van der Waals surface area contributed by atoms with Gasteiger partial charge in [-0.25, -0.2) is 10.8 Å². The highest BCUT2D eigenvalue weighted by Gasteiger charge is 2.30. The first-order valence-electron chi connectivity index (χ1n) is 9.00. The van der Waals surface area contributed by atoms with E-state index >= 15 is 0 Å². The Morgan fingerprint density at radius 3 is 2.70 bits per heavy atom. The third kappa shape index (κ3) is 3.90. The molecule has 1 aliphatic heterocycles. The average Bonchev–Trinajstić information content (AvgIpc) is 2.91. The Bertz CT molecular complexity index is 1120. The number of nitro benzene ring substituents is 1. The second kappa shape index (κ2) is 8.61. The van der Waals surface area contributed by atoms with Crippen molar-refractivity contribution in [3.8, 4) is 11.8 Å². The standard InChI is InChI=1S/C20H19BrN6O3/c1-11(2)26(23)17-10-24-20(18-12(9-22)7-13(21)8-14(18)25-17)19-15(27(28)29)5-4-6-16(19)30-3/h4-8,11H,10,23H2,1-3H3. The number of halogens is 1. The molecule has 0 amide bonds. The van der Waals surface area contributed by atoms with Crippen LogP contribution in [0.2, 0.25) is 0 Å². The largest absolute Gasteiger partial charge is 0.496 e. The number of fused-ring (bicyclic) bond motifs is 1. The van der Waals surface area contributed by atoms with Gasteiger partial charge in [0.2, 0.25) is 0 Å². The third-order valence-corrected chi connectivity index (χ3v) is 5.04. The number of nitriles is 1. The first kappa shape index (κ1) is 21.4. The Labute approximate surface area is 181 Å². The molecule has 0 saturated heterocycles. The van der Waals surface area contributed by atoms with E-state index in [1.54, 1.807) is 18.2 Å². The lowest BCUT2D eigenvalue weighted by Crippen LogP contribution is -2.44. The minimum Gasteiger partial charge on any atom is -0.496 e. The van der Waals surface area contributed by atoms with Crippen molar-refractivity contribution >= 4 is 38.9 Å². The van der Waals surface area contributed by atoms with Crippen molar-refractivity contribution in [3.63, 3.8) is 0 Å². The average molecular weight is 471 g/mol. The highest BCUT2D eigenvalue weighted by atomic mass is 79.9. The number of benzene rings is 2. The van der Waals surface area contributed by atoms with Crippen LogP contribution in [0, 0.1) is 21.4 Å². The number of rotatable bonds is 4. The molecule has 0 saturated carbocycles. The molecule has 2 N–H and O–H groups in total. The number of nitro groups is 1. The molecule has 0 aromatic heterocycles. The van der Waals surface area contributed by atoms with E-state index in [0.29, 0.717) is 21.6 Å². The van der Waals surface area contributed by atoms with Gasteiger partial charge in [-0.2, -0.15) is 5.26 Å². The molecular formula is C20H19BrN6O3. The maximum absolute atomic E-state index is 11.8. The van der Waals surface area contributed by atoms with Gasteiger partial charge in [0.25, 0.3) is 5.69 Å². The lowest BCUT2D eigenvalue weighted by atomic mass is 9.94. The number of nitrogens with two attached hydrogens (primary N) is 1. The normalized spacial score (nSPS) is 13.0. The van der Waals surface area contributed by atoms with E-state index in [9.17, 15) is 15.4 Å². The lowest BCUT2D eigenvalue weighted by molar-refractivity contribution is -0.385. The van der Waals surface area contributed by atoms with Crippen LogP contribution in [0.15, 0.2) is 44.8 Å². The molecule has 0 unspecified atom stereocenters. The van der Waals surface area contributed by atoms with E-state index in [-0.39, 0.29) is 40.9 Å². The van der Waals surface area contributed by atoms with Crippen molar-refractivity contribution < 1.29 is 9.66 Å². The van der Waals surface area contributed by atoms with E-state index in [1.807, 2.05) is 13.8 Å². The van der Waals surface area contributed by atoms with Gasteiger partial charge in [0.05, 0.1) is 41.6 Å². The van der Waals surface area contributed by atoms with Gasteiger partial charge in [0, 0.05) is 22.1 Å². The van der Waals surface area contributed by atoms with Crippen LogP contribution in [0.3, 0.4) is 0 Å². The number of hydrogen-bond acceptors (Lipinski definition) is 8. The molecule has 30 heavy (non-hydrogen) atoms. The quantitative estimate of drug-likeness (QED) is 0.411. The number of hydrazine groups is 1. The van der Waals surface area contributed by atoms with E-state index in [2.05, 4.69) is 32.0 Å². The fourth-order valence-corrected chi connectivity index (χ4v) is 3.59. The summed E-state index contributed by atoms with van der Waals surface area (Å²) in [5.41, 5.74) is 1.37. The smallest absolute Gasteiger partial charge is 0.282 e. The number of amidine groups is 1. The van der Waals surface area contributed by atoms with Gasteiger partial charge in [0.15, 0.2) is 0 Å². The van der Waals surface area contributed by atoms with E-state index in [0.717, 1.165) is 0 Å². The highest BCUT2D eigenvalue weighted by Crippen LogP contribution is 2.37. The van der Waals surface area contributed by atoms with Gasteiger partial charge in [-0.3, -0.25) is 20.1 Å². The molecule has 10 heteroatoms. The van der Waals surface area contributed by atoms with Crippen molar-refractivity contribution in [2.45, 2.75) is 19.9 Å². The summed E-state index contributed by atoms with van der Waals surface area (Å²) in [6.45, 7) is 3.90. The zero-order chi connectivity index (χ0) is 22.0. The van der Waals surface area contributed by atoms with Crippen LogP contribution in [0.25, 0.3) is 0 Å². The predicted molar refractivity (Wildman–Crippen MR) is 117 cm³/mol. The number of hydrogen-bond donors (Lipinski definition) is 1. The molecule has 2 aromatic rings. The first-order chi connectivity index (χ1) is 14.3. The van der Waals surface area contributed by atoms with Gasteiger partial charge in [0.1, 0.15) is 17.1 Å². The Balaban J connectivity index is 2.39. The molecule has 9 nitrogen and oxygen atoms in total. The summed E-state index contributed by atoms with van der Waals surface area (Å²) in [5, 5.41) is 23.0. The summed E-state index contributed by atoms with van der Waals surface area (Å²) in [7, 11) is 1.43. The predicted octanol–water partition coefficient (Wildman–Crippen LogP) is 3.70. The summed E-state index contributed by atoms with van der Waals surface area (Å²) in [4.78, 5) is 20.5. The Kier molecular flexibility index (Phi) is 6.14. The fourth-order valence-electron chi connectivity index (χ4n) is 3.14. The van der Waals surface area contributed by atoms with Crippen LogP contribution in [0.1, 0.15) is 30.5 Å². The van der Waals surface area contributed by atoms with Gasteiger partial charge in [-0.1, -0.05) is 22.0 Å². The van der Waals surface area contributed by atoms with Crippen molar-refractivity contribution in [2.24, 2.45) is 15.8 Å². The second-order valence-corrected chi connectivity index (χ2v) is 7.68.